The van der Waals surface area contributed by atoms with Gasteiger partial charge < -0.3 is 18.9 Å². The maximum atomic E-state index is 12.1. The van der Waals surface area contributed by atoms with Crippen LogP contribution in [0.4, 0.5) is 0 Å². The zero-order valence-corrected chi connectivity index (χ0v) is 15.1. The first-order chi connectivity index (χ1) is 12.1. The van der Waals surface area contributed by atoms with E-state index < -0.39 is 0 Å². The molecule has 0 bridgehead atoms. The summed E-state index contributed by atoms with van der Waals surface area (Å²) in [4.78, 5) is 12.1. The number of hydrogen-bond donors (Lipinski definition) is 0. The Labute approximate surface area is 148 Å². The highest BCUT2D eigenvalue weighted by atomic mass is 16.5. The largest absolute Gasteiger partial charge is 0.496 e. The Morgan fingerprint density at radius 1 is 0.920 bits per heavy atom. The summed E-state index contributed by atoms with van der Waals surface area (Å²) in [5.41, 5.74) is 2.86. The summed E-state index contributed by atoms with van der Waals surface area (Å²) in [6.45, 7) is 2.18. The Morgan fingerprint density at radius 3 is 2.36 bits per heavy atom. The molecule has 0 fully saturated rings. The van der Waals surface area contributed by atoms with Gasteiger partial charge in [-0.15, -0.1) is 0 Å². The van der Waals surface area contributed by atoms with E-state index in [1.807, 2.05) is 43.3 Å². The summed E-state index contributed by atoms with van der Waals surface area (Å²) >= 11 is 0. The van der Waals surface area contributed by atoms with Gasteiger partial charge in [-0.25, -0.2) is 0 Å². The lowest BCUT2D eigenvalue weighted by Crippen LogP contribution is -2.07. The maximum absolute atomic E-state index is 12.1. The van der Waals surface area contributed by atoms with Crippen molar-refractivity contribution in [3.05, 3.63) is 53.1 Å². The zero-order valence-electron chi connectivity index (χ0n) is 15.1. The molecule has 25 heavy (non-hydrogen) atoms. The van der Waals surface area contributed by atoms with Crippen LogP contribution in [0.15, 0.2) is 36.4 Å². The minimum atomic E-state index is -0.270. The fourth-order valence-corrected chi connectivity index (χ4v) is 2.64. The van der Waals surface area contributed by atoms with Crippen molar-refractivity contribution < 1.29 is 23.7 Å². The molecule has 0 radical (unpaired) electrons. The fourth-order valence-electron chi connectivity index (χ4n) is 2.64. The lowest BCUT2D eigenvalue weighted by Gasteiger charge is -2.13. The first-order valence-electron chi connectivity index (χ1n) is 8.08. The predicted octanol–water partition coefficient (Wildman–Crippen LogP) is 3.70. The van der Waals surface area contributed by atoms with Crippen LogP contribution in [0.25, 0.3) is 0 Å². The fraction of sp³-hybridized carbons (Fsp3) is 0.350. The third-order valence-corrected chi connectivity index (χ3v) is 3.91. The van der Waals surface area contributed by atoms with Gasteiger partial charge in [-0.2, -0.15) is 0 Å². The molecule has 0 saturated heterocycles. The van der Waals surface area contributed by atoms with Crippen LogP contribution >= 0.6 is 0 Å². The first-order valence-corrected chi connectivity index (χ1v) is 8.08. The molecule has 0 spiro atoms. The second-order valence-electron chi connectivity index (χ2n) is 5.63. The highest BCUT2D eigenvalue weighted by molar-refractivity contribution is 5.70. The number of para-hydroxylation sites is 1. The second kappa shape index (κ2) is 8.97. The third-order valence-electron chi connectivity index (χ3n) is 3.91. The van der Waals surface area contributed by atoms with E-state index in [1.54, 1.807) is 21.3 Å². The van der Waals surface area contributed by atoms with E-state index in [2.05, 4.69) is 0 Å². The summed E-state index contributed by atoms with van der Waals surface area (Å²) in [6, 6.07) is 11.4. The van der Waals surface area contributed by atoms with Gasteiger partial charge in [-0.05, 0) is 37.1 Å². The lowest BCUT2D eigenvalue weighted by molar-refractivity contribution is -0.144. The van der Waals surface area contributed by atoms with Gasteiger partial charge in [0.1, 0.15) is 12.4 Å². The second-order valence-corrected chi connectivity index (χ2v) is 5.63. The van der Waals surface area contributed by atoms with Crippen molar-refractivity contribution >= 4 is 5.97 Å². The van der Waals surface area contributed by atoms with Gasteiger partial charge in [0.15, 0.2) is 11.5 Å². The van der Waals surface area contributed by atoms with Gasteiger partial charge in [-0.3, -0.25) is 4.79 Å². The summed E-state index contributed by atoms with van der Waals surface area (Å²) < 4.78 is 21.3. The average molecular weight is 344 g/mol. The predicted molar refractivity (Wildman–Crippen MR) is 95.4 cm³/mol. The van der Waals surface area contributed by atoms with E-state index in [-0.39, 0.29) is 19.0 Å². The number of carbonyl (C=O) groups is 1. The normalized spacial score (nSPS) is 10.2. The molecular weight excluding hydrogens is 320 g/mol. The number of methoxy groups -OCH3 is 3. The first kappa shape index (κ1) is 18.6. The SMILES string of the molecule is COc1ccc(C)cc1COC(=O)CCc1cccc(OC)c1OC. The number of rotatable bonds is 8. The van der Waals surface area contributed by atoms with Crippen LogP contribution in [-0.2, 0) is 22.6 Å². The average Bonchev–Trinajstić information content (AvgIpc) is 2.64. The molecule has 134 valence electrons. The van der Waals surface area contributed by atoms with Crippen LogP contribution in [0.5, 0.6) is 17.2 Å². The zero-order chi connectivity index (χ0) is 18.2. The molecule has 5 heteroatoms. The molecule has 0 unspecified atom stereocenters. The summed E-state index contributed by atoms with van der Waals surface area (Å²) in [7, 11) is 4.78. The molecule has 2 aromatic rings. The maximum Gasteiger partial charge on any atom is 0.306 e. The third kappa shape index (κ3) is 4.89. The van der Waals surface area contributed by atoms with E-state index in [0.717, 1.165) is 16.7 Å². The molecule has 0 heterocycles. The van der Waals surface area contributed by atoms with Crippen LogP contribution in [-0.4, -0.2) is 27.3 Å². The van der Waals surface area contributed by atoms with E-state index in [0.29, 0.717) is 23.7 Å². The van der Waals surface area contributed by atoms with Crippen molar-refractivity contribution in [1.82, 2.24) is 0 Å². The molecular formula is C20H24O5. The van der Waals surface area contributed by atoms with Crippen molar-refractivity contribution in [2.75, 3.05) is 21.3 Å². The van der Waals surface area contributed by atoms with E-state index in [1.165, 1.54) is 0 Å². The smallest absolute Gasteiger partial charge is 0.306 e. The van der Waals surface area contributed by atoms with Crippen LogP contribution in [0, 0.1) is 6.92 Å². The number of benzene rings is 2. The van der Waals surface area contributed by atoms with Crippen LogP contribution in [0.1, 0.15) is 23.1 Å². The van der Waals surface area contributed by atoms with Crippen LogP contribution in [0.3, 0.4) is 0 Å². The molecule has 2 aromatic carbocycles. The van der Waals surface area contributed by atoms with Crippen LogP contribution in [0.2, 0.25) is 0 Å². The van der Waals surface area contributed by atoms with E-state index in [4.69, 9.17) is 18.9 Å². The summed E-state index contributed by atoms with van der Waals surface area (Å²) in [5.74, 6) is 1.75. The topological polar surface area (TPSA) is 54.0 Å². The van der Waals surface area contributed by atoms with E-state index in [9.17, 15) is 4.79 Å². The van der Waals surface area contributed by atoms with Gasteiger partial charge >= 0.3 is 5.97 Å². The van der Waals surface area contributed by atoms with Crippen molar-refractivity contribution in [2.45, 2.75) is 26.4 Å². The highest BCUT2D eigenvalue weighted by Gasteiger charge is 2.12. The molecule has 0 saturated carbocycles. The Bertz CT molecular complexity index is 724. The van der Waals surface area contributed by atoms with Crippen molar-refractivity contribution in [2.24, 2.45) is 0 Å². The Balaban J connectivity index is 1.95. The Kier molecular flexibility index (Phi) is 6.69. The van der Waals surface area contributed by atoms with Gasteiger partial charge in [0.05, 0.1) is 21.3 Å². The number of carbonyl (C=O) groups excluding carboxylic acids is 1. The number of ether oxygens (including phenoxy) is 4. The summed E-state index contributed by atoms with van der Waals surface area (Å²) in [6.07, 6.45) is 0.780. The lowest BCUT2D eigenvalue weighted by atomic mass is 10.1. The van der Waals surface area contributed by atoms with Crippen molar-refractivity contribution in [1.29, 1.82) is 0 Å². The van der Waals surface area contributed by atoms with E-state index >= 15 is 0 Å². The molecule has 0 atom stereocenters. The van der Waals surface area contributed by atoms with Gasteiger partial charge in [0, 0.05) is 12.0 Å². The Morgan fingerprint density at radius 2 is 1.68 bits per heavy atom. The monoisotopic (exact) mass is 344 g/mol. The highest BCUT2D eigenvalue weighted by Crippen LogP contribution is 2.31. The Hall–Kier alpha value is -2.69. The molecule has 0 aromatic heterocycles. The number of hydrogen-bond acceptors (Lipinski definition) is 5. The molecule has 0 N–H and O–H groups in total. The quantitative estimate of drug-likeness (QED) is 0.684. The summed E-state index contributed by atoms with van der Waals surface area (Å²) in [5, 5.41) is 0. The molecule has 0 aliphatic rings. The molecule has 2 rings (SSSR count). The van der Waals surface area contributed by atoms with Gasteiger partial charge in [0.2, 0.25) is 0 Å². The minimum absolute atomic E-state index is 0.193. The molecule has 0 amide bonds. The molecule has 0 aliphatic heterocycles. The van der Waals surface area contributed by atoms with Gasteiger partial charge in [-0.1, -0.05) is 23.8 Å². The van der Waals surface area contributed by atoms with Crippen molar-refractivity contribution in [3.8, 4) is 17.2 Å². The minimum Gasteiger partial charge on any atom is -0.496 e. The molecule has 5 nitrogen and oxygen atoms in total. The molecule has 0 aliphatic carbocycles. The number of aryl methyl sites for hydroxylation is 2. The van der Waals surface area contributed by atoms with Crippen LogP contribution < -0.4 is 14.2 Å². The number of esters is 1. The van der Waals surface area contributed by atoms with Crippen molar-refractivity contribution in [3.63, 3.8) is 0 Å². The standard InChI is InChI=1S/C20H24O5/c1-14-8-10-17(22-2)16(12-14)13-25-19(21)11-9-15-6-5-7-18(23-3)20(15)24-4/h5-8,10,12H,9,11,13H2,1-4H3. The van der Waals surface area contributed by atoms with Gasteiger partial charge in [0.25, 0.3) is 0 Å².